The molecule has 0 atom stereocenters. The van der Waals surface area contributed by atoms with Gasteiger partial charge in [0.15, 0.2) is 0 Å². The van der Waals surface area contributed by atoms with Gasteiger partial charge in [-0.05, 0) is 18.9 Å². The average molecular weight is 271 g/mol. The van der Waals surface area contributed by atoms with Gasteiger partial charge in [-0.25, -0.2) is 13.4 Å². The molecule has 1 aliphatic carbocycles. The standard InChI is InChI=1S/C11H17N3O3S/c12-11-8-10(4-5-13-11)18(16,17)14(6-7-15)9-2-1-3-9/h4-5,8-9,15H,1-3,6-7H2,(H2,12,13). The lowest BCUT2D eigenvalue weighted by molar-refractivity contribution is 0.178. The molecule has 1 aromatic heterocycles. The lowest BCUT2D eigenvalue weighted by Crippen LogP contribution is -2.45. The molecule has 1 heterocycles. The summed E-state index contributed by atoms with van der Waals surface area (Å²) in [6, 6.07) is 2.77. The maximum Gasteiger partial charge on any atom is 0.243 e. The van der Waals surface area contributed by atoms with E-state index in [1.807, 2.05) is 0 Å². The number of aliphatic hydroxyl groups excluding tert-OH is 1. The summed E-state index contributed by atoms with van der Waals surface area (Å²) in [4.78, 5) is 3.92. The number of nitrogens with zero attached hydrogens (tertiary/aromatic N) is 2. The predicted molar refractivity (Wildman–Crippen MR) is 67.3 cm³/mol. The van der Waals surface area contributed by atoms with Gasteiger partial charge in [-0.1, -0.05) is 6.42 Å². The molecule has 0 radical (unpaired) electrons. The fourth-order valence-corrected chi connectivity index (χ4v) is 3.69. The molecule has 100 valence electrons. The zero-order valence-electron chi connectivity index (χ0n) is 9.99. The predicted octanol–water partition coefficient (Wildman–Crippen LogP) is 0.199. The largest absolute Gasteiger partial charge is 0.395 e. The van der Waals surface area contributed by atoms with E-state index in [1.165, 1.54) is 22.6 Å². The van der Waals surface area contributed by atoms with Gasteiger partial charge in [-0.3, -0.25) is 0 Å². The number of pyridine rings is 1. The summed E-state index contributed by atoms with van der Waals surface area (Å²) in [6.07, 6.45) is 4.10. The molecular formula is C11H17N3O3S. The average Bonchev–Trinajstić information content (AvgIpc) is 2.26. The second kappa shape index (κ2) is 5.21. The van der Waals surface area contributed by atoms with Crippen LogP contribution in [0.1, 0.15) is 19.3 Å². The topological polar surface area (TPSA) is 96.5 Å². The molecule has 18 heavy (non-hydrogen) atoms. The van der Waals surface area contributed by atoms with Crippen molar-refractivity contribution < 1.29 is 13.5 Å². The number of aliphatic hydroxyl groups is 1. The quantitative estimate of drug-likeness (QED) is 0.797. The summed E-state index contributed by atoms with van der Waals surface area (Å²) < 4.78 is 26.2. The number of anilines is 1. The van der Waals surface area contributed by atoms with Gasteiger partial charge in [0.25, 0.3) is 0 Å². The van der Waals surface area contributed by atoms with Gasteiger partial charge in [0.2, 0.25) is 10.0 Å². The molecule has 1 aromatic rings. The van der Waals surface area contributed by atoms with Crippen LogP contribution in [0.4, 0.5) is 5.82 Å². The van der Waals surface area contributed by atoms with Gasteiger partial charge < -0.3 is 10.8 Å². The third kappa shape index (κ3) is 2.47. The van der Waals surface area contributed by atoms with Crippen LogP contribution in [0.25, 0.3) is 0 Å². The van der Waals surface area contributed by atoms with E-state index >= 15 is 0 Å². The molecule has 1 fully saturated rings. The molecule has 1 saturated carbocycles. The van der Waals surface area contributed by atoms with E-state index in [4.69, 9.17) is 10.8 Å². The SMILES string of the molecule is Nc1cc(S(=O)(=O)N(CCO)C2CCC2)ccn1. The number of nitrogens with two attached hydrogens (primary N) is 1. The maximum absolute atomic E-state index is 12.4. The van der Waals surface area contributed by atoms with Gasteiger partial charge in [-0.15, -0.1) is 0 Å². The normalized spacial score (nSPS) is 16.8. The van der Waals surface area contributed by atoms with E-state index in [0.29, 0.717) is 0 Å². The fourth-order valence-electron chi connectivity index (χ4n) is 2.00. The Labute approximate surface area is 106 Å². The summed E-state index contributed by atoms with van der Waals surface area (Å²) in [5, 5.41) is 9.03. The zero-order valence-corrected chi connectivity index (χ0v) is 10.8. The molecular weight excluding hydrogens is 254 g/mol. The van der Waals surface area contributed by atoms with E-state index in [-0.39, 0.29) is 29.9 Å². The minimum atomic E-state index is -3.59. The summed E-state index contributed by atoms with van der Waals surface area (Å²) in [6.45, 7) is -0.0640. The number of rotatable bonds is 5. The molecule has 3 N–H and O–H groups in total. The van der Waals surface area contributed by atoms with E-state index in [1.54, 1.807) is 0 Å². The molecule has 0 spiro atoms. The first kappa shape index (κ1) is 13.3. The monoisotopic (exact) mass is 271 g/mol. The zero-order chi connectivity index (χ0) is 13.2. The van der Waals surface area contributed by atoms with Crippen molar-refractivity contribution in [2.75, 3.05) is 18.9 Å². The van der Waals surface area contributed by atoms with Gasteiger partial charge in [-0.2, -0.15) is 4.31 Å². The molecule has 1 aliphatic rings. The van der Waals surface area contributed by atoms with E-state index in [2.05, 4.69) is 4.98 Å². The number of nitrogen functional groups attached to an aromatic ring is 1. The smallest absolute Gasteiger partial charge is 0.243 e. The Bertz CT molecular complexity index is 514. The third-order valence-electron chi connectivity index (χ3n) is 3.16. The molecule has 0 aromatic carbocycles. The molecule has 0 bridgehead atoms. The van der Waals surface area contributed by atoms with Gasteiger partial charge in [0, 0.05) is 24.8 Å². The Morgan fingerprint density at radius 3 is 2.72 bits per heavy atom. The minimum Gasteiger partial charge on any atom is -0.395 e. The van der Waals surface area contributed by atoms with Crippen LogP contribution < -0.4 is 5.73 Å². The van der Waals surface area contributed by atoms with E-state index < -0.39 is 10.0 Å². The van der Waals surface area contributed by atoms with Crippen molar-refractivity contribution in [3.63, 3.8) is 0 Å². The Hall–Kier alpha value is -1.18. The molecule has 7 heteroatoms. The summed E-state index contributed by atoms with van der Waals surface area (Å²) >= 11 is 0. The molecule has 0 aliphatic heterocycles. The van der Waals surface area contributed by atoms with Crippen LogP contribution in [0.3, 0.4) is 0 Å². The second-order valence-electron chi connectivity index (χ2n) is 4.34. The number of hydrogen-bond acceptors (Lipinski definition) is 5. The van der Waals surface area contributed by atoms with Crippen molar-refractivity contribution in [2.24, 2.45) is 0 Å². The van der Waals surface area contributed by atoms with Crippen LogP contribution in [0.2, 0.25) is 0 Å². The van der Waals surface area contributed by atoms with Crippen molar-refractivity contribution in [3.05, 3.63) is 18.3 Å². The summed E-state index contributed by atoms with van der Waals surface area (Å²) in [5.74, 6) is 0.175. The van der Waals surface area contributed by atoms with Crippen LogP contribution in [0, 0.1) is 0 Å². The number of hydrogen-bond donors (Lipinski definition) is 2. The lowest BCUT2D eigenvalue weighted by atomic mass is 9.93. The highest BCUT2D eigenvalue weighted by molar-refractivity contribution is 7.89. The highest BCUT2D eigenvalue weighted by Gasteiger charge is 2.34. The van der Waals surface area contributed by atoms with Crippen LogP contribution in [0.15, 0.2) is 23.2 Å². The number of sulfonamides is 1. The molecule has 0 saturated heterocycles. The van der Waals surface area contributed by atoms with Gasteiger partial charge in [0.1, 0.15) is 5.82 Å². The maximum atomic E-state index is 12.4. The van der Waals surface area contributed by atoms with Crippen LogP contribution >= 0.6 is 0 Å². The van der Waals surface area contributed by atoms with Crippen molar-refractivity contribution >= 4 is 15.8 Å². The Morgan fingerprint density at radius 2 is 2.22 bits per heavy atom. The van der Waals surface area contributed by atoms with Crippen molar-refractivity contribution in [2.45, 2.75) is 30.2 Å². The molecule has 2 rings (SSSR count). The summed E-state index contributed by atoms with van der Waals surface area (Å²) in [7, 11) is -3.59. The minimum absolute atomic E-state index is 0.00320. The van der Waals surface area contributed by atoms with E-state index in [9.17, 15) is 8.42 Å². The van der Waals surface area contributed by atoms with Crippen molar-refractivity contribution in [1.29, 1.82) is 0 Å². The second-order valence-corrected chi connectivity index (χ2v) is 6.23. The Kier molecular flexibility index (Phi) is 3.84. The van der Waals surface area contributed by atoms with Gasteiger partial charge >= 0.3 is 0 Å². The highest BCUT2D eigenvalue weighted by atomic mass is 32.2. The Morgan fingerprint density at radius 1 is 1.50 bits per heavy atom. The fraction of sp³-hybridized carbons (Fsp3) is 0.545. The Balaban J connectivity index is 2.32. The van der Waals surface area contributed by atoms with Crippen molar-refractivity contribution in [3.8, 4) is 0 Å². The van der Waals surface area contributed by atoms with E-state index in [0.717, 1.165) is 19.3 Å². The summed E-state index contributed by atoms with van der Waals surface area (Å²) in [5.41, 5.74) is 5.51. The number of aromatic nitrogens is 1. The lowest BCUT2D eigenvalue weighted by Gasteiger charge is -2.36. The molecule has 0 amide bonds. The van der Waals surface area contributed by atoms with Crippen molar-refractivity contribution in [1.82, 2.24) is 9.29 Å². The van der Waals surface area contributed by atoms with Crippen LogP contribution in [0.5, 0.6) is 0 Å². The first-order valence-electron chi connectivity index (χ1n) is 5.90. The highest BCUT2D eigenvalue weighted by Crippen LogP contribution is 2.29. The first-order chi connectivity index (χ1) is 8.55. The third-order valence-corrected chi connectivity index (χ3v) is 5.11. The van der Waals surface area contributed by atoms with Crippen LogP contribution in [-0.4, -0.2) is 42.0 Å². The van der Waals surface area contributed by atoms with Gasteiger partial charge in [0.05, 0.1) is 11.5 Å². The first-order valence-corrected chi connectivity index (χ1v) is 7.34. The van der Waals surface area contributed by atoms with Crippen LogP contribution in [-0.2, 0) is 10.0 Å². The molecule has 6 nitrogen and oxygen atoms in total. The molecule has 0 unspecified atom stereocenters.